The molecule has 2 amide bonds. The Hall–Kier alpha value is -0.910. The van der Waals surface area contributed by atoms with Gasteiger partial charge in [-0.3, -0.25) is 14.5 Å². The maximum Gasteiger partial charge on any atom is 0.337 e. The molecule has 1 saturated heterocycles. The van der Waals surface area contributed by atoms with Crippen LogP contribution in [0.2, 0.25) is 0 Å². The lowest BCUT2D eigenvalue weighted by molar-refractivity contribution is -0.146. The lowest BCUT2D eigenvalue weighted by Crippen LogP contribution is -2.34. The Morgan fingerprint density at radius 1 is 1.42 bits per heavy atom. The summed E-state index contributed by atoms with van der Waals surface area (Å²) in [7, 11) is 0. The first-order valence-corrected chi connectivity index (χ1v) is 3.94. The van der Waals surface area contributed by atoms with E-state index in [4.69, 9.17) is 0 Å². The van der Waals surface area contributed by atoms with Crippen molar-refractivity contribution in [1.29, 1.82) is 0 Å². The highest BCUT2D eigenvalue weighted by Gasteiger charge is 2.30. The number of carbonyl (C=O) groups is 3. The van der Waals surface area contributed by atoms with E-state index in [1.165, 1.54) is 0 Å². The molecule has 1 fully saturated rings. The van der Waals surface area contributed by atoms with E-state index in [2.05, 4.69) is 20.1 Å². The molecule has 1 heterocycles. The van der Waals surface area contributed by atoms with Crippen LogP contribution in [0.3, 0.4) is 0 Å². The van der Waals surface area contributed by atoms with Crippen molar-refractivity contribution in [2.24, 2.45) is 0 Å². The van der Waals surface area contributed by atoms with Crippen molar-refractivity contribution in [3.8, 4) is 0 Å². The third kappa shape index (κ3) is 1.82. The van der Waals surface area contributed by atoms with Gasteiger partial charge in [0.25, 0.3) is 0 Å². The Bertz CT molecular complexity index is 224. The molecule has 0 unspecified atom stereocenters. The molecule has 1 aliphatic heterocycles. The summed E-state index contributed by atoms with van der Waals surface area (Å²) in [5, 5.41) is 0. The van der Waals surface area contributed by atoms with E-state index in [1.807, 2.05) is 0 Å². The molecule has 0 aromatic heterocycles. The zero-order chi connectivity index (χ0) is 9.14. The predicted molar refractivity (Wildman–Crippen MR) is 41.0 cm³/mol. The summed E-state index contributed by atoms with van der Waals surface area (Å²) < 4.78 is 4.14. The van der Waals surface area contributed by atoms with Gasteiger partial charge in [0.2, 0.25) is 11.8 Å². The fraction of sp³-hybridized carbons (Fsp3) is 0.500. The third-order valence-corrected chi connectivity index (χ3v) is 1.89. The third-order valence-electron chi connectivity index (χ3n) is 1.53. The first kappa shape index (κ1) is 9.18. The average Bonchev–Trinajstić information content (AvgIpc) is 2.35. The molecule has 0 bridgehead atoms. The van der Waals surface area contributed by atoms with E-state index >= 15 is 0 Å². The van der Waals surface area contributed by atoms with Crippen LogP contribution in [0.15, 0.2) is 0 Å². The lowest BCUT2D eigenvalue weighted by Gasteiger charge is -2.09. The van der Waals surface area contributed by atoms with Crippen LogP contribution < -0.4 is 0 Å². The number of nitrogens with zero attached hydrogens (tertiary/aromatic N) is 1. The normalized spacial score (nSPS) is 16.9. The fourth-order valence-electron chi connectivity index (χ4n) is 0.953. The van der Waals surface area contributed by atoms with Crippen LogP contribution in [0.1, 0.15) is 12.8 Å². The SMILES string of the molecule is O=C(CN1C(=O)CCC1=O)OBr. The Morgan fingerprint density at radius 3 is 2.33 bits per heavy atom. The van der Waals surface area contributed by atoms with Gasteiger partial charge in [0.15, 0.2) is 16.3 Å². The molecule has 0 aromatic rings. The number of carbonyl (C=O) groups excluding carboxylic acids is 3. The zero-order valence-corrected chi connectivity index (χ0v) is 7.67. The van der Waals surface area contributed by atoms with E-state index < -0.39 is 5.97 Å². The maximum absolute atomic E-state index is 10.9. The van der Waals surface area contributed by atoms with Crippen LogP contribution in [0, 0.1) is 0 Å². The molecular weight excluding hydrogens is 230 g/mol. The van der Waals surface area contributed by atoms with Gasteiger partial charge in [0, 0.05) is 12.8 Å². The molecule has 66 valence electrons. The molecule has 5 nitrogen and oxygen atoms in total. The van der Waals surface area contributed by atoms with Crippen molar-refractivity contribution >= 4 is 34.0 Å². The Kier molecular flexibility index (Phi) is 2.80. The summed E-state index contributed by atoms with van der Waals surface area (Å²) in [5.74, 6) is -1.30. The second kappa shape index (κ2) is 3.66. The van der Waals surface area contributed by atoms with Crippen LogP contribution in [-0.4, -0.2) is 29.2 Å². The summed E-state index contributed by atoms with van der Waals surface area (Å²) in [6, 6.07) is 0. The number of rotatable bonds is 2. The fourth-order valence-corrected chi connectivity index (χ4v) is 1.06. The average molecular weight is 236 g/mol. The van der Waals surface area contributed by atoms with Gasteiger partial charge in [0.1, 0.15) is 6.54 Å². The Morgan fingerprint density at radius 2 is 1.92 bits per heavy atom. The molecule has 12 heavy (non-hydrogen) atoms. The monoisotopic (exact) mass is 235 g/mol. The summed E-state index contributed by atoms with van der Waals surface area (Å²) in [6.07, 6.45) is 0.378. The standard InChI is InChI=1S/C6H6BrNO4/c7-12-6(11)3-8-4(9)1-2-5(8)10/h1-3H2. The molecular formula is C6H6BrNO4. The zero-order valence-electron chi connectivity index (χ0n) is 6.08. The smallest absolute Gasteiger partial charge is 0.337 e. The summed E-state index contributed by atoms with van der Waals surface area (Å²) in [4.78, 5) is 33.4. The van der Waals surface area contributed by atoms with E-state index in [-0.39, 0.29) is 31.2 Å². The molecule has 0 saturated carbocycles. The van der Waals surface area contributed by atoms with Crippen molar-refractivity contribution in [2.45, 2.75) is 12.8 Å². The molecule has 1 aliphatic rings. The number of likely N-dealkylation sites (tertiary alicyclic amines) is 1. The summed E-state index contributed by atoms with van der Waals surface area (Å²) in [5.41, 5.74) is 0. The highest BCUT2D eigenvalue weighted by Crippen LogP contribution is 2.11. The first-order chi connectivity index (χ1) is 5.65. The minimum Gasteiger partial charge on any atom is -0.382 e. The van der Waals surface area contributed by atoms with E-state index in [9.17, 15) is 14.4 Å². The van der Waals surface area contributed by atoms with Crippen molar-refractivity contribution in [3.05, 3.63) is 0 Å². The highest BCUT2D eigenvalue weighted by atomic mass is 79.9. The largest absolute Gasteiger partial charge is 0.382 e. The van der Waals surface area contributed by atoms with E-state index in [0.717, 1.165) is 4.90 Å². The first-order valence-electron chi connectivity index (χ1n) is 3.29. The van der Waals surface area contributed by atoms with E-state index in [0.29, 0.717) is 0 Å². The van der Waals surface area contributed by atoms with E-state index in [1.54, 1.807) is 0 Å². The molecule has 0 spiro atoms. The van der Waals surface area contributed by atoms with Crippen molar-refractivity contribution in [3.63, 3.8) is 0 Å². The minimum atomic E-state index is -0.654. The van der Waals surface area contributed by atoms with Gasteiger partial charge in [-0.1, -0.05) is 0 Å². The van der Waals surface area contributed by atoms with Gasteiger partial charge in [-0.2, -0.15) is 0 Å². The predicted octanol–water partition coefficient (Wildman–Crippen LogP) is -0.0115. The van der Waals surface area contributed by atoms with Gasteiger partial charge in [-0.25, -0.2) is 4.79 Å². The lowest BCUT2D eigenvalue weighted by atomic mass is 10.4. The Labute approximate surface area is 77.1 Å². The number of hydrogen-bond acceptors (Lipinski definition) is 4. The number of amides is 2. The van der Waals surface area contributed by atoms with Gasteiger partial charge >= 0.3 is 5.97 Å². The number of hydrogen-bond donors (Lipinski definition) is 0. The second-order valence-electron chi connectivity index (χ2n) is 2.32. The van der Waals surface area contributed by atoms with Crippen LogP contribution in [-0.2, 0) is 18.2 Å². The summed E-state index contributed by atoms with van der Waals surface area (Å²) in [6.45, 7) is -0.303. The van der Waals surface area contributed by atoms with Gasteiger partial charge in [-0.15, -0.1) is 0 Å². The van der Waals surface area contributed by atoms with Crippen molar-refractivity contribution in [1.82, 2.24) is 4.90 Å². The van der Waals surface area contributed by atoms with Crippen LogP contribution >= 0.6 is 16.3 Å². The molecule has 0 atom stereocenters. The van der Waals surface area contributed by atoms with Crippen LogP contribution in [0.4, 0.5) is 0 Å². The maximum atomic E-state index is 10.9. The topological polar surface area (TPSA) is 63.7 Å². The van der Waals surface area contributed by atoms with Crippen molar-refractivity contribution < 1.29 is 18.2 Å². The second-order valence-corrected chi connectivity index (χ2v) is 2.65. The molecule has 6 heteroatoms. The number of halogens is 1. The highest BCUT2D eigenvalue weighted by molar-refractivity contribution is 9.06. The molecule has 1 rings (SSSR count). The minimum absolute atomic E-state index is 0.189. The molecule has 0 N–H and O–H groups in total. The van der Waals surface area contributed by atoms with Crippen LogP contribution in [0.5, 0.6) is 0 Å². The van der Waals surface area contributed by atoms with Crippen LogP contribution in [0.25, 0.3) is 0 Å². The molecule has 0 radical (unpaired) electrons. The summed E-state index contributed by atoms with van der Waals surface area (Å²) >= 11 is 2.46. The van der Waals surface area contributed by atoms with Gasteiger partial charge in [-0.05, 0) is 0 Å². The van der Waals surface area contributed by atoms with Gasteiger partial charge in [0.05, 0.1) is 0 Å². The molecule has 0 aromatic carbocycles. The van der Waals surface area contributed by atoms with Crippen molar-refractivity contribution in [2.75, 3.05) is 6.54 Å². The van der Waals surface area contributed by atoms with Gasteiger partial charge < -0.3 is 3.83 Å². The number of imide groups is 1. The Balaban J connectivity index is 2.56. The molecule has 0 aliphatic carbocycles. The quantitative estimate of drug-likeness (QED) is 0.632.